The summed E-state index contributed by atoms with van der Waals surface area (Å²) in [6.07, 6.45) is -0.0497. The highest BCUT2D eigenvalue weighted by Gasteiger charge is 2.46. The lowest BCUT2D eigenvalue weighted by Gasteiger charge is -2.25. The molecule has 1 heterocycles. The lowest BCUT2D eigenvalue weighted by molar-refractivity contribution is -0.140. The number of benzene rings is 2. The minimum absolute atomic E-state index is 0.0267. The molecule has 1 aliphatic heterocycles. The summed E-state index contributed by atoms with van der Waals surface area (Å²) < 4.78 is 10.9. The maximum absolute atomic E-state index is 13.0. The summed E-state index contributed by atoms with van der Waals surface area (Å²) in [4.78, 5) is 27.2. The summed E-state index contributed by atoms with van der Waals surface area (Å²) in [7, 11) is 1.51. The molecule has 0 aliphatic carbocycles. The first-order chi connectivity index (χ1) is 14.7. The minimum atomic E-state index is -0.805. The number of carbonyl (C=O) groups excluding carboxylic acids is 2. The third-order valence-corrected chi connectivity index (χ3v) is 5.55. The zero-order chi connectivity index (χ0) is 22.7. The second-order valence-corrected chi connectivity index (χ2v) is 8.17. The van der Waals surface area contributed by atoms with Gasteiger partial charge in [0.2, 0.25) is 0 Å². The smallest absolute Gasteiger partial charge is 0.295 e. The number of aliphatic hydroxyl groups is 1. The van der Waals surface area contributed by atoms with Crippen LogP contribution in [0.1, 0.15) is 31.0 Å². The molecule has 3 rings (SSSR count). The molecule has 2 aromatic carbocycles. The van der Waals surface area contributed by atoms with Gasteiger partial charge in [-0.3, -0.25) is 9.59 Å². The zero-order valence-electron chi connectivity index (χ0n) is 17.4. The SMILES string of the molecule is COCCN1C(=O)C(=O)/C(=C(\O)c2ccc(Cl)c(Cl)c2)C1c1cccc(OC(C)C)c1. The van der Waals surface area contributed by atoms with Crippen LogP contribution in [0.5, 0.6) is 5.75 Å². The van der Waals surface area contributed by atoms with Crippen molar-refractivity contribution in [3.8, 4) is 5.75 Å². The van der Waals surface area contributed by atoms with Crippen LogP contribution in [-0.2, 0) is 14.3 Å². The Bertz CT molecular complexity index is 1030. The summed E-state index contributed by atoms with van der Waals surface area (Å²) >= 11 is 12.1. The van der Waals surface area contributed by atoms with Crippen LogP contribution in [0.25, 0.3) is 5.76 Å². The van der Waals surface area contributed by atoms with Gasteiger partial charge in [0.15, 0.2) is 0 Å². The standard InChI is InChI=1S/C23H23Cl2NO5/c1-13(2)31-16-6-4-5-14(11-16)20-19(22(28)23(29)26(20)9-10-30-3)21(27)15-7-8-17(24)18(25)12-15/h4-8,11-13,20,27H,9-10H2,1-3H3/b21-19-. The van der Waals surface area contributed by atoms with Crippen molar-refractivity contribution in [3.63, 3.8) is 0 Å². The number of ether oxygens (including phenoxy) is 2. The van der Waals surface area contributed by atoms with E-state index < -0.39 is 17.7 Å². The lowest BCUT2D eigenvalue weighted by atomic mass is 9.95. The third kappa shape index (κ3) is 4.87. The Morgan fingerprint density at radius 2 is 1.87 bits per heavy atom. The van der Waals surface area contributed by atoms with Gasteiger partial charge < -0.3 is 19.5 Å². The van der Waals surface area contributed by atoms with Crippen molar-refractivity contribution in [2.75, 3.05) is 20.3 Å². The van der Waals surface area contributed by atoms with Gasteiger partial charge in [0.25, 0.3) is 11.7 Å². The van der Waals surface area contributed by atoms with Gasteiger partial charge in [-0.05, 0) is 49.7 Å². The van der Waals surface area contributed by atoms with Crippen LogP contribution >= 0.6 is 23.2 Å². The molecule has 164 valence electrons. The average molecular weight is 464 g/mol. The molecule has 0 aromatic heterocycles. The number of aliphatic hydroxyl groups excluding tert-OH is 1. The lowest BCUT2D eigenvalue weighted by Crippen LogP contribution is -2.32. The molecule has 31 heavy (non-hydrogen) atoms. The molecular weight excluding hydrogens is 441 g/mol. The number of hydrogen-bond donors (Lipinski definition) is 1. The van der Waals surface area contributed by atoms with Crippen molar-refractivity contribution in [1.82, 2.24) is 4.90 Å². The molecule has 0 radical (unpaired) electrons. The van der Waals surface area contributed by atoms with Crippen LogP contribution < -0.4 is 4.74 Å². The second kappa shape index (κ2) is 9.73. The molecule has 2 aromatic rings. The van der Waals surface area contributed by atoms with E-state index in [0.717, 1.165) is 0 Å². The van der Waals surface area contributed by atoms with Crippen molar-refractivity contribution < 1.29 is 24.2 Å². The summed E-state index contributed by atoms with van der Waals surface area (Å²) in [5, 5.41) is 11.6. The Morgan fingerprint density at radius 1 is 1.13 bits per heavy atom. The van der Waals surface area contributed by atoms with Gasteiger partial charge in [0.1, 0.15) is 11.5 Å². The average Bonchev–Trinajstić information content (AvgIpc) is 2.98. The van der Waals surface area contributed by atoms with E-state index in [-0.39, 0.29) is 35.6 Å². The molecular formula is C23H23Cl2NO5. The number of hydrogen-bond acceptors (Lipinski definition) is 5. The molecule has 1 unspecified atom stereocenters. The quantitative estimate of drug-likeness (QED) is 0.360. The Balaban J connectivity index is 2.16. The molecule has 6 nitrogen and oxygen atoms in total. The molecule has 1 atom stereocenters. The number of amides is 1. The molecule has 0 bridgehead atoms. The zero-order valence-corrected chi connectivity index (χ0v) is 18.9. The number of halogens is 2. The maximum atomic E-state index is 13.0. The van der Waals surface area contributed by atoms with Gasteiger partial charge in [-0.2, -0.15) is 0 Å². The minimum Gasteiger partial charge on any atom is -0.507 e. The van der Waals surface area contributed by atoms with E-state index in [4.69, 9.17) is 32.7 Å². The van der Waals surface area contributed by atoms with Crippen molar-refractivity contribution in [2.45, 2.75) is 26.0 Å². The van der Waals surface area contributed by atoms with E-state index in [1.54, 1.807) is 30.3 Å². The topological polar surface area (TPSA) is 76.1 Å². The molecule has 0 saturated carbocycles. The monoisotopic (exact) mass is 463 g/mol. The van der Waals surface area contributed by atoms with Crippen molar-refractivity contribution in [2.24, 2.45) is 0 Å². The van der Waals surface area contributed by atoms with E-state index in [2.05, 4.69) is 0 Å². The number of rotatable bonds is 7. The predicted octanol–water partition coefficient (Wildman–Crippen LogP) is 4.85. The number of methoxy groups -OCH3 is 1. The van der Waals surface area contributed by atoms with Crippen molar-refractivity contribution in [3.05, 3.63) is 69.2 Å². The van der Waals surface area contributed by atoms with Crippen LogP contribution in [0.15, 0.2) is 48.0 Å². The van der Waals surface area contributed by atoms with Gasteiger partial charge in [-0.25, -0.2) is 0 Å². The Hall–Kier alpha value is -2.54. The molecule has 1 amide bonds. The highest BCUT2D eigenvalue weighted by Crippen LogP contribution is 2.40. The third-order valence-electron chi connectivity index (χ3n) is 4.81. The van der Waals surface area contributed by atoms with E-state index in [1.165, 1.54) is 24.1 Å². The van der Waals surface area contributed by atoms with Gasteiger partial charge in [0.05, 0.1) is 34.4 Å². The Labute approximate surface area is 191 Å². The van der Waals surface area contributed by atoms with Gasteiger partial charge in [0, 0.05) is 19.2 Å². The first-order valence-electron chi connectivity index (χ1n) is 9.74. The molecule has 1 N–H and O–H groups in total. The summed E-state index contributed by atoms with van der Waals surface area (Å²) in [6, 6.07) is 10.8. The normalized spacial score (nSPS) is 18.1. The predicted molar refractivity (Wildman–Crippen MR) is 120 cm³/mol. The van der Waals surface area contributed by atoms with Crippen LogP contribution in [0.3, 0.4) is 0 Å². The van der Waals surface area contributed by atoms with Gasteiger partial charge in [-0.15, -0.1) is 0 Å². The summed E-state index contributed by atoms with van der Waals surface area (Å²) in [6.45, 7) is 4.22. The molecule has 1 aliphatic rings. The van der Waals surface area contributed by atoms with E-state index in [1.807, 2.05) is 13.8 Å². The van der Waals surface area contributed by atoms with E-state index in [9.17, 15) is 14.7 Å². The fraction of sp³-hybridized carbons (Fsp3) is 0.304. The van der Waals surface area contributed by atoms with Gasteiger partial charge in [-0.1, -0.05) is 35.3 Å². The van der Waals surface area contributed by atoms with Crippen molar-refractivity contribution in [1.29, 1.82) is 0 Å². The summed E-state index contributed by atoms with van der Waals surface area (Å²) in [5.41, 5.74) is 0.898. The number of Topliss-reactive ketones (excluding diaryl/α,β-unsaturated/α-hetero) is 1. The number of nitrogens with zero attached hydrogens (tertiary/aromatic N) is 1. The highest BCUT2D eigenvalue weighted by molar-refractivity contribution is 6.46. The fourth-order valence-corrected chi connectivity index (χ4v) is 3.77. The number of ketones is 1. The first-order valence-corrected chi connectivity index (χ1v) is 10.5. The van der Waals surface area contributed by atoms with Crippen LogP contribution in [0.4, 0.5) is 0 Å². The Kier molecular flexibility index (Phi) is 7.26. The van der Waals surface area contributed by atoms with E-state index >= 15 is 0 Å². The van der Waals surface area contributed by atoms with Crippen LogP contribution in [-0.4, -0.2) is 48.1 Å². The summed E-state index contributed by atoms with van der Waals surface area (Å²) in [5.74, 6) is -1.21. The van der Waals surface area contributed by atoms with Crippen molar-refractivity contribution >= 4 is 40.7 Å². The molecule has 1 saturated heterocycles. The molecule has 1 fully saturated rings. The fourth-order valence-electron chi connectivity index (χ4n) is 3.48. The second-order valence-electron chi connectivity index (χ2n) is 7.35. The van der Waals surface area contributed by atoms with Crippen LogP contribution in [0, 0.1) is 0 Å². The van der Waals surface area contributed by atoms with E-state index in [0.29, 0.717) is 21.9 Å². The molecule has 8 heteroatoms. The molecule has 0 spiro atoms. The van der Waals surface area contributed by atoms with Crippen LogP contribution in [0.2, 0.25) is 10.0 Å². The Morgan fingerprint density at radius 3 is 2.52 bits per heavy atom. The number of carbonyl (C=O) groups is 2. The maximum Gasteiger partial charge on any atom is 0.295 e. The highest BCUT2D eigenvalue weighted by atomic mass is 35.5. The first kappa shape index (κ1) is 23.1. The largest absolute Gasteiger partial charge is 0.507 e. The van der Waals surface area contributed by atoms with Gasteiger partial charge >= 0.3 is 0 Å². The number of likely N-dealkylation sites (tertiary alicyclic amines) is 1.